The van der Waals surface area contributed by atoms with Crippen molar-refractivity contribution in [2.45, 2.75) is 39.5 Å². The molecule has 0 radical (unpaired) electrons. The largest absolute Gasteiger partial charge is 0.244 e. The third kappa shape index (κ3) is 2.15. The molecule has 2 heteroatoms. The molecule has 1 heterocycles. The van der Waals surface area contributed by atoms with Crippen LogP contribution >= 0.6 is 0 Å². The van der Waals surface area contributed by atoms with Gasteiger partial charge in [-0.1, -0.05) is 39.8 Å². The van der Waals surface area contributed by atoms with Crippen LogP contribution < -0.4 is 0 Å². The smallest absolute Gasteiger partial charge is 0.0897 e. The Hall–Kier alpha value is -1.96. The second-order valence-corrected chi connectivity index (χ2v) is 6.31. The molecular weight excluding hydrogens is 244 g/mol. The zero-order valence-electron chi connectivity index (χ0n) is 12.6. The minimum Gasteiger partial charge on any atom is -0.244 e. The minimum absolute atomic E-state index is 0.132. The fraction of sp³-hybridized carbons (Fsp3) is 0.333. The van der Waals surface area contributed by atoms with Crippen molar-refractivity contribution < 1.29 is 0 Å². The molecule has 2 aromatic carbocycles. The second-order valence-electron chi connectivity index (χ2n) is 6.31. The first-order chi connectivity index (χ1) is 9.49. The molecule has 0 aliphatic heterocycles. The lowest BCUT2D eigenvalue weighted by molar-refractivity contribution is 0.584. The van der Waals surface area contributed by atoms with Crippen molar-refractivity contribution in [3.63, 3.8) is 0 Å². The molecule has 0 unspecified atom stereocenters. The summed E-state index contributed by atoms with van der Waals surface area (Å²) in [5.74, 6) is 0. The van der Waals surface area contributed by atoms with Crippen LogP contribution in [0.3, 0.4) is 0 Å². The van der Waals surface area contributed by atoms with E-state index < -0.39 is 0 Å². The predicted octanol–water partition coefficient (Wildman–Crippen LogP) is 4.64. The van der Waals surface area contributed by atoms with Crippen molar-refractivity contribution in [2.24, 2.45) is 0 Å². The van der Waals surface area contributed by atoms with E-state index in [0.717, 1.165) is 28.5 Å². The molecule has 2 nitrogen and oxygen atoms in total. The van der Waals surface area contributed by atoms with E-state index >= 15 is 0 Å². The fourth-order valence-electron chi connectivity index (χ4n) is 2.70. The molecule has 1 aromatic heterocycles. The van der Waals surface area contributed by atoms with E-state index in [-0.39, 0.29) is 5.41 Å². The average Bonchev–Trinajstić information content (AvgIpc) is 2.42. The number of nitrogens with zero attached hydrogens (tertiary/aromatic N) is 2. The number of hydrogen-bond donors (Lipinski definition) is 0. The Balaban J connectivity index is 2.36. The molecular formula is C18H20N2. The summed E-state index contributed by atoms with van der Waals surface area (Å²) in [5.41, 5.74) is 6.79. The van der Waals surface area contributed by atoms with E-state index in [2.05, 4.69) is 39.8 Å². The van der Waals surface area contributed by atoms with Crippen LogP contribution in [0.2, 0.25) is 0 Å². The Labute approximate surface area is 119 Å². The molecule has 0 aliphatic rings. The molecule has 3 aromatic rings. The van der Waals surface area contributed by atoms with Crippen molar-refractivity contribution in [1.29, 1.82) is 0 Å². The first-order valence-electron chi connectivity index (χ1n) is 7.19. The van der Waals surface area contributed by atoms with Crippen LogP contribution in [0.15, 0.2) is 36.4 Å². The summed E-state index contributed by atoms with van der Waals surface area (Å²) in [5, 5.41) is 0. The number of rotatable bonds is 1. The first-order valence-corrected chi connectivity index (χ1v) is 7.19. The molecule has 0 N–H and O–H groups in total. The van der Waals surface area contributed by atoms with Gasteiger partial charge in [0.15, 0.2) is 0 Å². The van der Waals surface area contributed by atoms with E-state index in [1.165, 1.54) is 11.1 Å². The van der Waals surface area contributed by atoms with E-state index in [9.17, 15) is 0 Å². The van der Waals surface area contributed by atoms with Crippen LogP contribution in [0, 0.1) is 0 Å². The first kappa shape index (κ1) is 13.0. The predicted molar refractivity (Wildman–Crippen MR) is 85.1 cm³/mol. The number of benzene rings is 2. The zero-order valence-corrected chi connectivity index (χ0v) is 12.6. The lowest BCUT2D eigenvalue weighted by Gasteiger charge is -2.23. The number of hydrogen-bond acceptors (Lipinski definition) is 2. The summed E-state index contributed by atoms with van der Waals surface area (Å²) in [4.78, 5) is 9.51. The van der Waals surface area contributed by atoms with Gasteiger partial charge < -0.3 is 0 Å². The van der Waals surface area contributed by atoms with Gasteiger partial charge in [0.25, 0.3) is 0 Å². The Morgan fingerprint density at radius 1 is 0.850 bits per heavy atom. The maximum Gasteiger partial charge on any atom is 0.0897 e. The van der Waals surface area contributed by atoms with Crippen LogP contribution in [-0.4, -0.2) is 9.97 Å². The summed E-state index contributed by atoms with van der Waals surface area (Å²) in [6, 6.07) is 12.5. The number of para-hydroxylation sites is 2. The number of fused-ring (bicyclic) bond motifs is 2. The van der Waals surface area contributed by atoms with Gasteiger partial charge in [-0.15, -0.1) is 0 Å². The molecule has 3 rings (SSSR count). The van der Waals surface area contributed by atoms with Gasteiger partial charge in [0.2, 0.25) is 0 Å². The highest BCUT2D eigenvalue weighted by Crippen LogP contribution is 2.30. The van der Waals surface area contributed by atoms with Gasteiger partial charge in [0.05, 0.1) is 22.1 Å². The molecule has 0 atom stereocenters. The van der Waals surface area contributed by atoms with Gasteiger partial charge in [-0.05, 0) is 47.2 Å². The Morgan fingerprint density at radius 2 is 1.40 bits per heavy atom. The third-order valence-electron chi connectivity index (χ3n) is 3.75. The van der Waals surface area contributed by atoms with Crippen LogP contribution in [0.25, 0.3) is 22.1 Å². The van der Waals surface area contributed by atoms with E-state index in [1.807, 2.05) is 24.3 Å². The van der Waals surface area contributed by atoms with Crippen molar-refractivity contribution in [1.82, 2.24) is 9.97 Å². The highest BCUT2D eigenvalue weighted by molar-refractivity contribution is 5.87. The van der Waals surface area contributed by atoms with Gasteiger partial charge in [0.1, 0.15) is 0 Å². The highest BCUT2D eigenvalue weighted by atomic mass is 14.8. The van der Waals surface area contributed by atoms with Gasteiger partial charge >= 0.3 is 0 Å². The summed E-state index contributed by atoms with van der Waals surface area (Å²) in [6.07, 6.45) is 1.02. The molecule has 0 spiro atoms. The zero-order chi connectivity index (χ0) is 14.3. The number of aryl methyl sites for hydroxylation is 1. The Kier molecular flexibility index (Phi) is 2.97. The maximum atomic E-state index is 4.76. The third-order valence-corrected chi connectivity index (χ3v) is 3.75. The fourth-order valence-corrected chi connectivity index (χ4v) is 2.70. The van der Waals surface area contributed by atoms with Gasteiger partial charge in [0, 0.05) is 0 Å². The molecule has 0 amide bonds. The molecule has 0 saturated carbocycles. The van der Waals surface area contributed by atoms with E-state index in [4.69, 9.17) is 9.97 Å². The van der Waals surface area contributed by atoms with Gasteiger partial charge in [-0.25, -0.2) is 9.97 Å². The van der Waals surface area contributed by atoms with Crippen LogP contribution in [0.4, 0.5) is 0 Å². The Bertz CT molecular complexity index is 782. The van der Waals surface area contributed by atoms with Crippen LogP contribution in [-0.2, 0) is 11.8 Å². The monoisotopic (exact) mass is 264 g/mol. The molecule has 0 bridgehead atoms. The summed E-state index contributed by atoms with van der Waals surface area (Å²) < 4.78 is 0. The number of aromatic nitrogens is 2. The molecule has 0 aliphatic carbocycles. The molecule has 0 saturated heterocycles. The van der Waals surface area contributed by atoms with Gasteiger partial charge in [-0.2, -0.15) is 0 Å². The topological polar surface area (TPSA) is 25.8 Å². The van der Waals surface area contributed by atoms with E-state index in [1.54, 1.807) is 0 Å². The van der Waals surface area contributed by atoms with Crippen LogP contribution in [0.5, 0.6) is 0 Å². The van der Waals surface area contributed by atoms with E-state index in [0.29, 0.717) is 0 Å². The molecule has 20 heavy (non-hydrogen) atoms. The Morgan fingerprint density at radius 3 is 1.90 bits per heavy atom. The quantitative estimate of drug-likeness (QED) is 0.598. The van der Waals surface area contributed by atoms with Crippen molar-refractivity contribution in [3.8, 4) is 0 Å². The van der Waals surface area contributed by atoms with Crippen molar-refractivity contribution >= 4 is 22.1 Å². The minimum atomic E-state index is 0.132. The summed E-state index contributed by atoms with van der Waals surface area (Å²) in [7, 11) is 0. The lowest BCUT2D eigenvalue weighted by atomic mass is 9.82. The highest BCUT2D eigenvalue weighted by Gasteiger charge is 2.18. The summed E-state index contributed by atoms with van der Waals surface area (Å²) in [6.45, 7) is 8.95. The van der Waals surface area contributed by atoms with Gasteiger partial charge in [-0.3, -0.25) is 0 Å². The van der Waals surface area contributed by atoms with Crippen molar-refractivity contribution in [2.75, 3.05) is 0 Å². The normalized spacial score (nSPS) is 12.2. The SMILES string of the molecule is CCc1cc2nc3ccccc3nc2cc1C(C)(C)C. The standard InChI is InChI=1S/C18H20N2/c1-5-12-10-16-17(11-13(12)18(2,3)4)20-15-9-7-6-8-14(15)19-16/h6-11H,5H2,1-4H3. The molecule has 0 fully saturated rings. The lowest BCUT2D eigenvalue weighted by Crippen LogP contribution is -2.14. The maximum absolute atomic E-state index is 4.76. The van der Waals surface area contributed by atoms with Crippen molar-refractivity contribution in [3.05, 3.63) is 47.5 Å². The molecule has 102 valence electrons. The van der Waals surface area contributed by atoms with Crippen LogP contribution in [0.1, 0.15) is 38.8 Å². The average molecular weight is 264 g/mol. The second kappa shape index (κ2) is 4.55. The summed E-state index contributed by atoms with van der Waals surface area (Å²) >= 11 is 0.